The number of aromatic nitrogens is 3. The van der Waals surface area contributed by atoms with Crippen LogP contribution in [0, 0.1) is 20.8 Å². The molecular weight excluding hydrogens is 336 g/mol. The first-order valence-electron chi connectivity index (χ1n) is 9.65. The van der Waals surface area contributed by atoms with Gasteiger partial charge in [0, 0.05) is 31.9 Å². The molecular formula is C22H30N4O. The average Bonchev–Trinajstić information content (AvgIpc) is 2.88. The van der Waals surface area contributed by atoms with Gasteiger partial charge in [-0.15, -0.1) is 0 Å². The topological polar surface area (TPSA) is 51.9 Å². The van der Waals surface area contributed by atoms with Crippen LogP contribution in [-0.2, 0) is 14.1 Å². The first-order valence-corrected chi connectivity index (χ1v) is 9.65. The molecule has 0 spiro atoms. The Balaban J connectivity index is 2.25. The summed E-state index contributed by atoms with van der Waals surface area (Å²) in [6, 6.07) is 4.61. The lowest BCUT2D eigenvalue weighted by molar-refractivity contribution is 0.672. The molecule has 0 aliphatic carbocycles. The van der Waals surface area contributed by atoms with E-state index in [2.05, 4.69) is 52.1 Å². The quantitative estimate of drug-likeness (QED) is 0.725. The minimum Gasteiger partial charge on any atom is -0.353 e. The van der Waals surface area contributed by atoms with Crippen molar-refractivity contribution in [3.63, 3.8) is 0 Å². The molecule has 0 amide bonds. The number of benzene rings is 1. The van der Waals surface area contributed by atoms with Gasteiger partial charge in [0.1, 0.15) is 5.65 Å². The van der Waals surface area contributed by atoms with Crippen LogP contribution in [0.15, 0.2) is 23.1 Å². The third-order valence-corrected chi connectivity index (χ3v) is 5.24. The number of nitrogens with zero attached hydrogens (tertiary/aromatic N) is 3. The standard InChI is InChI=1S/C22H30N4O/c1-8-9-16(5)23-22-24-20-19(21(27)26(22)7)17(12-25(20)6)18-14(3)10-13(2)11-15(18)4/h10-12,16H,8-9H2,1-7H3,(H,23,24). The largest absolute Gasteiger partial charge is 0.353 e. The highest BCUT2D eigenvalue weighted by Gasteiger charge is 2.20. The molecule has 2 aromatic heterocycles. The van der Waals surface area contributed by atoms with Crippen molar-refractivity contribution in [1.29, 1.82) is 0 Å². The van der Waals surface area contributed by atoms with Gasteiger partial charge in [-0.2, -0.15) is 4.98 Å². The predicted octanol–water partition coefficient (Wildman–Crippen LogP) is 4.46. The number of anilines is 1. The van der Waals surface area contributed by atoms with E-state index < -0.39 is 0 Å². The van der Waals surface area contributed by atoms with Crippen LogP contribution in [0.4, 0.5) is 5.95 Å². The fraction of sp³-hybridized carbons (Fsp3) is 0.455. The van der Waals surface area contributed by atoms with Gasteiger partial charge in [-0.3, -0.25) is 9.36 Å². The summed E-state index contributed by atoms with van der Waals surface area (Å²) in [6.45, 7) is 10.6. The minimum absolute atomic E-state index is 0.0128. The molecule has 0 saturated carbocycles. The Morgan fingerprint density at radius 3 is 2.37 bits per heavy atom. The summed E-state index contributed by atoms with van der Waals surface area (Å²) in [6.07, 6.45) is 4.15. The number of nitrogens with one attached hydrogen (secondary N) is 1. The molecule has 3 aromatic rings. The second-order valence-electron chi connectivity index (χ2n) is 7.76. The van der Waals surface area contributed by atoms with Gasteiger partial charge in [0.05, 0.1) is 5.39 Å². The molecule has 0 aliphatic heterocycles. The van der Waals surface area contributed by atoms with E-state index in [9.17, 15) is 4.79 Å². The zero-order valence-corrected chi connectivity index (χ0v) is 17.5. The van der Waals surface area contributed by atoms with Gasteiger partial charge in [0.2, 0.25) is 5.95 Å². The van der Waals surface area contributed by atoms with Gasteiger partial charge in [-0.1, -0.05) is 31.0 Å². The van der Waals surface area contributed by atoms with Crippen molar-refractivity contribution in [2.45, 2.75) is 53.5 Å². The fourth-order valence-electron chi connectivity index (χ4n) is 4.05. The molecule has 1 N–H and O–H groups in total. The Morgan fingerprint density at radius 2 is 1.78 bits per heavy atom. The van der Waals surface area contributed by atoms with Gasteiger partial charge in [0.15, 0.2) is 0 Å². The molecule has 0 fully saturated rings. The predicted molar refractivity (Wildman–Crippen MR) is 114 cm³/mol. The molecule has 5 heteroatoms. The van der Waals surface area contributed by atoms with E-state index in [0.29, 0.717) is 11.3 Å². The van der Waals surface area contributed by atoms with E-state index in [0.717, 1.165) is 29.6 Å². The summed E-state index contributed by atoms with van der Waals surface area (Å²) in [4.78, 5) is 18.1. The van der Waals surface area contributed by atoms with E-state index in [1.165, 1.54) is 16.7 Å². The van der Waals surface area contributed by atoms with Gasteiger partial charge in [0.25, 0.3) is 5.56 Å². The summed E-state index contributed by atoms with van der Waals surface area (Å²) in [7, 11) is 3.75. The van der Waals surface area contributed by atoms with Crippen LogP contribution in [-0.4, -0.2) is 20.2 Å². The van der Waals surface area contributed by atoms with E-state index in [-0.39, 0.29) is 11.6 Å². The number of hydrogen-bond acceptors (Lipinski definition) is 3. The van der Waals surface area contributed by atoms with Gasteiger partial charge in [-0.25, -0.2) is 0 Å². The minimum atomic E-state index is -0.0128. The number of rotatable bonds is 5. The van der Waals surface area contributed by atoms with Gasteiger partial charge in [-0.05, 0) is 50.8 Å². The summed E-state index contributed by atoms with van der Waals surface area (Å²) >= 11 is 0. The normalized spacial score (nSPS) is 12.6. The monoisotopic (exact) mass is 366 g/mol. The molecule has 144 valence electrons. The van der Waals surface area contributed by atoms with Crippen molar-refractivity contribution in [2.24, 2.45) is 14.1 Å². The lowest BCUT2D eigenvalue weighted by atomic mass is 9.94. The second-order valence-corrected chi connectivity index (χ2v) is 7.76. The van der Waals surface area contributed by atoms with E-state index in [1.54, 1.807) is 11.6 Å². The average molecular weight is 367 g/mol. The number of fused-ring (bicyclic) bond motifs is 1. The van der Waals surface area contributed by atoms with Crippen LogP contribution in [0.5, 0.6) is 0 Å². The Bertz CT molecular complexity index is 1040. The molecule has 27 heavy (non-hydrogen) atoms. The van der Waals surface area contributed by atoms with E-state index in [4.69, 9.17) is 4.98 Å². The molecule has 0 bridgehead atoms. The van der Waals surface area contributed by atoms with E-state index >= 15 is 0 Å². The highest BCUT2D eigenvalue weighted by molar-refractivity contribution is 5.95. The van der Waals surface area contributed by atoms with Crippen molar-refractivity contribution < 1.29 is 0 Å². The number of hydrogen-bond donors (Lipinski definition) is 1. The first-order chi connectivity index (χ1) is 12.7. The van der Waals surface area contributed by atoms with Crippen LogP contribution in [0.2, 0.25) is 0 Å². The lowest BCUT2D eigenvalue weighted by Crippen LogP contribution is -2.26. The molecule has 1 unspecified atom stereocenters. The zero-order chi connectivity index (χ0) is 19.9. The molecule has 5 nitrogen and oxygen atoms in total. The maximum Gasteiger partial charge on any atom is 0.264 e. The van der Waals surface area contributed by atoms with Crippen molar-refractivity contribution in [1.82, 2.24) is 14.1 Å². The third kappa shape index (κ3) is 3.38. The maximum atomic E-state index is 13.3. The zero-order valence-electron chi connectivity index (χ0n) is 17.5. The Morgan fingerprint density at radius 1 is 1.15 bits per heavy atom. The lowest BCUT2D eigenvalue weighted by Gasteiger charge is -2.16. The maximum absolute atomic E-state index is 13.3. The Kier molecular flexibility index (Phi) is 5.13. The highest BCUT2D eigenvalue weighted by Crippen LogP contribution is 2.33. The Hall–Kier alpha value is -2.56. The molecule has 1 aromatic carbocycles. The van der Waals surface area contributed by atoms with E-state index in [1.807, 2.05) is 17.8 Å². The van der Waals surface area contributed by atoms with Crippen LogP contribution < -0.4 is 10.9 Å². The van der Waals surface area contributed by atoms with Crippen LogP contribution in [0.3, 0.4) is 0 Å². The summed E-state index contributed by atoms with van der Waals surface area (Å²) in [5, 5.41) is 4.07. The smallest absolute Gasteiger partial charge is 0.264 e. The van der Waals surface area contributed by atoms with Crippen molar-refractivity contribution in [3.05, 3.63) is 45.4 Å². The molecule has 2 heterocycles. The fourth-order valence-corrected chi connectivity index (χ4v) is 4.05. The van der Waals surface area contributed by atoms with Crippen molar-refractivity contribution >= 4 is 17.0 Å². The molecule has 1 atom stereocenters. The van der Waals surface area contributed by atoms with Crippen molar-refractivity contribution in [2.75, 3.05) is 5.32 Å². The summed E-state index contributed by atoms with van der Waals surface area (Å²) in [5.74, 6) is 0.624. The van der Waals surface area contributed by atoms with Crippen LogP contribution >= 0.6 is 0 Å². The highest BCUT2D eigenvalue weighted by atomic mass is 16.1. The summed E-state index contributed by atoms with van der Waals surface area (Å²) in [5.41, 5.74) is 6.40. The molecule has 0 aliphatic rings. The van der Waals surface area contributed by atoms with Crippen LogP contribution in [0.25, 0.3) is 22.2 Å². The SMILES string of the molecule is CCCC(C)Nc1nc2c(c(-c3c(C)cc(C)cc3C)cn2C)c(=O)n1C. The van der Waals surface area contributed by atoms with Crippen LogP contribution in [0.1, 0.15) is 43.4 Å². The van der Waals surface area contributed by atoms with Crippen molar-refractivity contribution in [3.8, 4) is 11.1 Å². The molecule has 3 rings (SSSR count). The Labute approximate surface area is 161 Å². The molecule has 0 radical (unpaired) electrons. The first kappa shape index (κ1) is 19.2. The third-order valence-electron chi connectivity index (χ3n) is 5.24. The van der Waals surface area contributed by atoms with Gasteiger partial charge < -0.3 is 9.88 Å². The number of aryl methyl sites for hydroxylation is 4. The summed E-state index contributed by atoms with van der Waals surface area (Å²) < 4.78 is 3.59. The molecule has 0 saturated heterocycles. The van der Waals surface area contributed by atoms with Gasteiger partial charge >= 0.3 is 0 Å². The second kappa shape index (κ2) is 7.22.